The lowest BCUT2D eigenvalue weighted by molar-refractivity contribution is -0.111. The summed E-state index contributed by atoms with van der Waals surface area (Å²) in [7, 11) is 1.49. The van der Waals surface area contributed by atoms with Crippen LogP contribution in [0.1, 0.15) is 6.92 Å². The van der Waals surface area contributed by atoms with E-state index in [1.807, 2.05) is 0 Å². The van der Waals surface area contributed by atoms with Crippen molar-refractivity contribution in [3.8, 4) is 5.75 Å². The molecule has 1 heterocycles. The Hall–Kier alpha value is -2.04. The van der Waals surface area contributed by atoms with Gasteiger partial charge in [0.2, 0.25) is 5.91 Å². The molecule has 1 aromatic rings. The predicted molar refractivity (Wildman–Crippen MR) is 58.6 cm³/mol. The summed E-state index contributed by atoms with van der Waals surface area (Å²) in [6.45, 7) is 1.76. The topological polar surface area (TPSA) is 77.2 Å². The van der Waals surface area contributed by atoms with E-state index in [2.05, 4.69) is 10.3 Å². The summed E-state index contributed by atoms with van der Waals surface area (Å²) in [5.74, 6) is 0.538. The van der Waals surface area contributed by atoms with Crippen LogP contribution in [0, 0.1) is 0 Å². The SMILES string of the molecule is C/C=C\C(=O)Nc1ncc(N)cc1OC. The summed E-state index contributed by atoms with van der Waals surface area (Å²) in [6.07, 6.45) is 4.49. The van der Waals surface area contributed by atoms with Gasteiger partial charge >= 0.3 is 0 Å². The van der Waals surface area contributed by atoms with Crippen LogP contribution in [0.2, 0.25) is 0 Å². The maximum absolute atomic E-state index is 11.2. The monoisotopic (exact) mass is 207 g/mol. The Morgan fingerprint density at radius 1 is 1.67 bits per heavy atom. The van der Waals surface area contributed by atoms with Gasteiger partial charge in [0, 0.05) is 6.07 Å². The Morgan fingerprint density at radius 2 is 2.40 bits per heavy atom. The number of nitrogens with zero attached hydrogens (tertiary/aromatic N) is 1. The summed E-state index contributed by atoms with van der Waals surface area (Å²) in [5.41, 5.74) is 6.01. The zero-order chi connectivity index (χ0) is 11.3. The summed E-state index contributed by atoms with van der Waals surface area (Å²) < 4.78 is 5.02. The van der Waals surface area contributed by atoms with Gasteiger partial charge in [-0.05, 0) is 13.0 Å². The van der Waals surface area contributed by atoms with Crippen LogP contribution in [-0.4, -0.2) is 18.0 Å². The van der Waals surface area contributed by atoms with Gasteiger partial charge in [-0.2, -0.15) is 0 Å². The van der Waals surface area contributed by atoms with Crippen LogP contribution in [0.3, 0.4) is 0 Å². The van der Waals surface area contributed by atoms with Crippen molar-refractivity contribution in [1.82, 2.24) is 4.98 Å². The van der Waals surface area contributed by atoms with E-state index < -0.39 is 0 Å². The van der Waals surface area contributed by atoms with Gasteiger partial charge in [0.25, 0.3) is 0 Å². The number of allylic oxidation sites excluding steroid dienone is 1. The Balaban J connectivity index is 2.89. The molecule has 0 aliphatic rings. The van der Waals surface area contributed by atoms with E-state index in [1.54, 1.807) is 19.1 Å². The van der Waals surface area contributed by atoms with E-state index in [0.29, 0.717) is 17.3 Å². The van der Waals surface area contributed by atoms with Crippen molar-refractivity contribution in [2.45, 2.75) is 6.92 Å². The number of ether oxygens (including phenoxy) is 1. The second-order valence-electron chi connectivity index (χ2n) is 2.81. The number of carbonyl (C=O) groups excluding carboxylic acids is 1. The molecule has 1 aromatic heterocycles. The van der Waals surface area contributed by atoms with Crippen molar-refractivity contribution in [3.63, 3.8) is 0 Å². The molecule has 0 bridgehead atoms. The lowest BCUT2D eigenvalue weighted by Gasteiger charge is -2.07. The van der Waals surface area contributed by atoms with Crippen LogP contribution in [0.4, 0.5) is 11.5 Å². The van der Waals surface area contributed by atoms with Gasteiger partial charge in [0.1, 0.15) is 0 Å². The highest BCUT2D eigenvalue weighted by atomic mass is 16.5. The molecule has 80 valence electrons. The van der Waals surface area contributed by atoms with Gasteiger partial charge in [-0.3, -0.25) is 4.79 Å². The molecule has 1 rings (SSSR count). The van der Waals surface area contributed by atoms with Crippen molar-refractivity contribution < 1.29 is 9.53 Å². The van der Waals surface area contributed by atoms with Crippen molar-refractivity contribution >= 4 is 17.4 Å². The van der Waals surface area contributed by atoms with E-state index in [9.17, 15) is 4.79 Å². The first-order chi connectivity index (χ1) is 7.17. The number of rotatable bonds is 3. The molecular weight excluding hydrogens is 194 g/mol. The summed E-state index contributed by atoms with van der Waals surface area (Å²) in [5, 5.41) is 2.57. The highest BCUT2D eigenvalue weighted by Crippen LogP contribution is 2.23. The van der Waals surface area contributed by atoms with Crippen molar-refractivity contribution in [3.05, 3.63) is 24.4 Å². The van der Waals surface area contributed by atoms with Gasteiger partial charge in [-0.1, -0.05) is 6.08 Å². The third-order valence-electron chi connectivity index (χ3n) is 1.65. The quantitative estimate of drug-likeness (QED) is 0.730. The fourth-order valence-electron chi connectivity index (χ4n) is 1.02. The maximum atomic E-state index is 11.2. The molecule has 0 fully saturated rings. The highest BCUT2D eigenvalue weighted by molar-refractivity contribution is 5.99. The number of nitrogens with one attached hydrogen (secondary N) is 1. The number of nitrogens with two attached hydrogens (primary N) is 1. The number of hydrogen-bond donors (Lipinski definition) is 2. The molecule has 0 aliphatic carbocycles. The first-order valence-electron chi connectivity index (χ1n) is 4.40. The number of methoxy groups -OCH3 is 1. The number of nitrogen functional groups attached to an aromatic ring is 1. The summed E-state index contributed by atoms with van der Waals surface area (Å²) >= 11 is 0. The molecule has 0 aromatic carbocycles. The minimum absolute atomic E-state index is 0.256. The van der Waals surface area contributed by atoms with Crippen molar-refractivity contribution in [2.75, 3.05) is 18.2 Å². The molecule has 5 heteroatoms. The molecule has 5 nitrogen and oxygen atoms in total. The van der Waals surface area contributed by atoms with Gasteiger partial charge in [-0.15, -0.1) is 0 Å². The summed E-state index contributed by atoms with van der Waals surface area (Å²) in [4.78, 5) is 15.2. The van der Waals surface area contributed by atoms with E-state index >= 15 is 0 Å². The molecule has 0 saturated heterocycles. The normalized spacial score (nSPS) is 10.3. The fourth-order valence-corrected chi connectivity index (χ4v) is 1.02. The largest absolute Gasteiger partial charge is 0.493 e. The second kappa shape index (κ2) is 4.99. The molecule has 1 amide bonds. The van der Waals surface area contributed by atoms with E-state index in [0.717, 1.165) is 0 Å². The zero-order valence-electron chi connectivity index (χ0n) is 8.65. The minimum atomic E-state index is -0.256. The van der Waals surface area contributed by atoms with Crippen LogP contribution >= 0.6 is 0 Å². The average molecular weight is 207 g/mol. The van der Waals surface area contributed by atoms with E-state index in [-0.39, 0.29) is 5.91 Å². The number of anilines is 2. The smallest absolute Gasteiger partial charge is 0.249 e. The number of hydrogen-bond acceptors (Lipinski definition) is 4. The predicted octanol–water partition coefficient (Wildman–Crippen LogP) is 1.19. The van der Waals surface area contributed by atoms with Gasteiger partial charge in [0.15, 0.2) is 11.6 Å². The fraction of sp³-hybridized carbons (Fsp3) is 0.200. The average Bonchev–Trinajstić information content (AvgIpc) is 2.21. The Bertz CT molecular complexity index is 388. The first-order valence-corrected chi connectivity index (χ1v) is 4.40. The lowest BCUT2D eigenvalue weighted by Crippen LogP contribution is -2.10. The summed E-state index contributed by atoms with van der Waals surface area (Å²) in [6, 6.07) is 1.60. The van der Waals surface area contributed by atoms with Crippen molar-refractivity contribution in [1.29, 1.82) is 0 Å². The van der Waals surface area contributed by atoms with Gasteiger partial charge in [-0.25, -0.2) is 4.98 Å². The minimum Gasteiger partial charge on any atom is -0.493 e. The Morgan fingerprint density at radius 3 is 3.00 bits per heavy atom. The number of pyridine rings is 1. The molecular formula is C10H13N3O2. The third kappa shape index (κ3) is 2.98. The second-order valence-corrected chi connectivity index (χ2v) is 2.81. The molecule has 3 N–H and O–H groups in total. The number of amides is 1. The van der Waals surface area contributed by atoms with Crippen LogP contribution in [0.25, 0.3) is 0 Å². The van der Waals surface area contributed by atoms with Crippen molar-refractivity contribution in [2.24, 2.45) is 0 Å². The first kappa shape index (κ1) is 11.0. The molecule has 0 unspecified atom stereocenters. The van der Waals surface area contributed by atoms with Crippen LogP contribution in [-0.2, 0) is 4.79 Å². The number of carbonyl (C=O) groups is 1. The Kier molecular flexibility index (Phi) is 3.68. The van der Waals surface area contributed by atoms with Crippen LogP contribution < -0.4 is 15.8 Å². The van der Waals surface area contributed by atoms with Gasteiger partial charge < -0.3 is 15.8 Å². The number of aromatic nitrogens is 1. The molecule has 0 aliphatic heterocycles. The molecule has 0 atom stereocenters. The zero-order valence-corrected chi connectivity index (χ0v) is 8.65. The standard InChI is InChI=1S/C10H13N3O2/c1-3-4-9(14)13-10-8(15-2)5-7(11)6-12-10/h3-6H,11H2,1-2H3,(H,12,13,14)/b4-3-. The van der Waals surface area contributed by atoms with E-state index in [4.69, 9.17) is 10.5 Å². The molecule has 0 radical (unpaired) electrons. The molecule has 0 saturated carbocycles. The highest BCUT2D eigenvalue weighted by Gasteiger charge is 2.06. The third-order valence-corrected chi connectivity index (χ3v) is 1.65. The Labute approximate surface area is 88.0 Å². The van der Waals surface area contributed by atoms with E-state index in [1.165, 1.54) is 19.4 Å². The lowest BCUT2D eigenvalue weighted by atomic mass is 10.3. The van der Waals surface area contributed by atoms with Crippen LogP contribution in [0.5, 0.6) is 5.75 Å². The van der Waals surface area contributed by atoms with Gasteiger partial charge in [0.05, 0.1) is 19.0 Å². The van der Waals surface area contributed by atoms with Crippen LogP contribution in [0.15, 0.2) is 24.4 Å². The molecule has 15 heavy (non-hydrogen) atoms. The maximum Gasteiger partial charge on any atom is 0.249 e. The molecule has 0 spiro atoms.